The number of nitrogens with zero attached hydrogens (tertiary/aromatic N) is 4. The van der Waals surface area contributed by atoms with E-state index in [0.29, 0.717) is 11.8 Å². The van der Waals surface area contributed by atoms with E-state index in [4.69, 9.17) is 0 Å². The van der Waals surface area contributed by atoms with Crippen molar-refractivity contribution >= 4 is 28.8 Å². The molecular formula is C19H22N6. The largest absolute Gasteiger partial charge is 0.372 e. The van der Waals surface area contributed by atoms with Crippen LogP contribution in [-0.4, -0.2) is 28.3 Å². The molecule has 6 heteroatoms. The average molecular weight is 334 g/mol. The van der Waals surface area contributed by atoms with Crippen molar-refractivity contribution in [2.45, 2.75) is 13.8 Å². The first-order valence-electron chi connectivity index (χ1n) is 8.42. The molecule has 128 valence electrons. The van der Waals surface area contributed by atoms with E-state index in [1.807, 2.05) is 42.5 Å². The van der Waals surface area contributed by atoms with Gasteiger partial charge in [0, 0.05) is 30.2 Å². The van der Waals surface area contributed by atoms with Crippen LogP contribution in [0.4, 0.5) is 28.8 Å². The average Bonchev–Trinajstić information content (AvgIpc) is 2.65. The summed E-state index contributed by atoms with van der Waals surface area (Å²) < 4.78 is 0. The second kappa shape index (κ2) is 8.10. The van der Waals surface area contributed by atoms with E-state index in [1.54, 1.807) is 6.20 Å². The van der Waals surface area contributed by atoms with Gasteiger partial charge in [-0.3, -0.25) is 0 Å². The van der Waals surface area contributed by atoms with E-state index in [0.717, 1.165) is 24.5 Å². The minimum absolute atomic E-state index is 0.455. The van der Waals surface area contributed by atoms with Crippen molar-refractivity contribution in [3.8, 4) is 0 Å². The van der Waals surface area contributed by atoms with Crippen molar-refractivity contribution in [3.63, 3.8) is 0 Å². The Morgan fingerprint density at radius 3 is 2.20 bits per heavy atom. The maximum Gasteiger partial charge on any atom is 0.249 e. The van der Waals surface area contributed by atoms with Gasteiger partial charge in [0.1, 0.15) is 0 Å². The standard InChI is InChI=1S/C19H22N6/c1-3-25(4-2)17-12-10-16(11-13-17)22-19-23-18(14-20-24-19)21-15-8-6-5-7-9-15/h5-14H,3-4H2,1-2H3,(H2,21,22,23,24). The van der Waals surface area contributed by atoms with Crippen LogP contribution < -0.4 is 15.5 Å². The van der Waals surface area contributed by atoms with Gasteiger partial charge in [-0.15, -0.1) is 5.10 Å². The molecule has 0 aliphatic heterocycles. The third-order valence-corrected chi connectivity index (χ3v) is 3.86. The van der Waals surface area contributed by atoms with E-state index in [-0.39, 0.29) is 0 Å². The van der Waals surface area contributed by atoms with Gasteiger partial charge in [-0.25, -0.2) is 0 Å². The first-order valence-corrected chi connectivity index (χ1v) is 8.42. The first-order chi connectivity index (χ1) is 12.3. The fourth-order valence-corrected chi connectivity index (χ4v) is 2.56. The molecule has 0 amide bonds. The van der Waals surface area contributed by atoms with Crippen LogP contribution in [0.15, 0.2) is 60.8 Å². The Morgan fingerprint density at radius 2 is 1.52 bits per heavy atom. The number of rotatable bonds is 7. The highest BCUT2D eigenvalue weighted by Crippen LogP contribution is 2.20. The van der Waals surface area contributed by atoms with E-state index in [9.17, 15) is 0 Å². The zero-order valence-electron chi connectivity index (χ0n) is 14.5. The molecule has 0 fully saturated rings. The molecule has 2 aromatic carbocycles. The fraction of sp³-hybridized carbons (Fsp3) is 0.211. The Hall–Kier alpha value is -3.15. The summed E-state index contributed by atoms with van der Waals surface area (Å²) in [4.78, 5) is 6.74. The van der Waals surface area contributed by atoms with Crippen LogP contribution in [0.3, 0.4) is 0 Å². The van der Waals surface area contributed by atoms with Crippen LogP contribution in [0.2, 0.25) is 0 Å². The molecule has 0 unspecified atom stereocenters. The number of hydrogen-bond acceptors (Lipinski definition) is 6. The maximum atomic E-state index is 4.45. The highest BCUT2D eigenvalue weighted by atomic mass is 15.3. The van der Waals surface area contributed by atoms with Gasteiger partial charge in [0.2, 0.25) is 5.95 Å². The molecule has 0 bridgehead atoms. The Labute approximate surface area is 147 Å². The Balaban J connectivity index is 1.69. The van der Waals surface area contributed by atoms with Crippen LogP contribution in [0.1, 0.15) is 13.8 Å². The summed E-state index contributed by atoms with van der Waals surface area (Å²) in [6.07, 6.45) is 1.60. The van der Waals surface area contributed by atoms with Gasteiger partial charge in [-0.05, 0) is 50.2 Å². The van der Waals surface area contributed by atoms with Crippen molar-refractivity contribution in [2.75, 3.05) is 28.6 Å². The summed E-state index contributed by atoms with van der Waals surface area (Å²) in [5, 5.41) is 14.4. The molecule has 0 spiro atoms. The van der Waals surface area contributed by atoms with Crippen molar-refractivity contribution in [1.29, 1.82) is 0 Å². The predicted octanol–water partition coefficient (Wildman–Crippen LogP) is 4.21. The van der Waals surface area contributed by atoms with Gasteiger partial charge < -0.3 is 15.5 Å². The highest BCUT2D eigenvalue weighted by Gasteiger charge is 2.04. The topological polar surface area (TPSA) is 66.0 Å². The second-order valence-corrected chi connectivity index (χ2v) is 5.50. The molecule has 0 atom stereocenters. The van der Waals surface area contributed by atoms with Crippen LogP contribution in [0.25, 0.3) is 0 Å². The summed E-state index contributed by atoms with van der Waals surface area (Å²) in [5.74, 6) is 1.10. The third kappa shape index (κ3) is 4.44. The lowest BCUT2D eigenvalue weighted by Gasteiger charge is -2.21. The number of nitrogens with one attached hydrogen (secondary N) is 2. The number of benzene rings is 2. The van der Waals surface area contributed by atoms with Gasteiger partial charge >= 0.3 is 0 Å². The van der Waals surface area contributed by atoms with Gasteiger partial charge in [0.25, 0.3) is 0 Å². The van der Waals surface area contributed by atoms with Crippen molar-refractivity contribution in [1.82, 2.24) is 15.2 Å². The monoisotopic (exact) mass is 334 g/mol. The molecule has 3 aromatic rings. The Bertz CT molecular complexity index is 785. The molecule has 0 saturated heterocycles. The lowest BCUT2D eigenvalue weighted by molar-refractivity contribution is 0.866. The SMILES string of the molecule is CCN(CC)c1ccc(Nc2nncc(Nc3ccccc3)n2)cc1. The van der Waals surface area contributed by atoms with Crippen molar-refractivity contribution < 1.29 is 0 Å². The van der Waals surface area contributed by atoms with Crippen LogP contribution in [-0.2, 0) is 0 Å². The fourth-order valence-electron chi connectivity index (χ4n) is 2.56. The normalized spacial score (nSPS) is 10.3. The first kappa shape index (κ1) is 16.7. The molecule has 0 aliphatic carbocycles. The third-order valence-electron chi connectivity index (χ3n) is 3.86. The van der Waals surface area contributed by atoms with E-state index in [2.05, 4.69) is 56.7 Å². The predicted molar refractivity (Wildman–Crippen MR) is 103 cm³/mol. The van der Waals surface area contributed by atoms with Gasteiger partial charge in [-0.2, -0.15) is 10.1 Å². The zero-order valence-corrected chi connectivity index (χ0v) is 14.5. The molecule has 0 saturated carbocycles. The quantitative estimate of drug-likeness (QED) is 0.675. The molecule has 6 nitrogen and oxygen atoms in total. The summed E-state index contributed by atoms with van der Waals surface area (Å²) in [6.45, 7) is 6.29. The second-order valence-electron chi connectivity index (χ2n) is 5.50. The van der Waals surface area contributed by atoms with Gasteiger partial charge in [0.05, 0.1) is 6.20 Å². The zero-order chi connectivity index (χ0) is 17.5. The summed E-state index contributed by atoms with van der Waals surface area (Å²) in [7, 11) is 0. The Kier molecular flexibility index (Phi) is 5.41. The number of para-hydroxylation sites is 1. The Morgan fingerprint density at radius 1 is 0.840 bits per heavy atom. The highest BCUT2D eigenvalue weighted by molar-refractivity contribution is 5.61. The van der Waals surface area contributed by atoms with Crippen molar-refractivity contribution in [2.24, 2.45) is 0 Å². The van der Waals surface area contributed by atoms with E-state index >= 15 is 0 Å². The molecule has 3 rings (SSSR count). The minimum Gasteiger partial charge on any atom is -0.372 e. The summed E-state index contributed by atoms with van der Waals surface area (Å²) >= 11 is 0. The molecular weight excluding hydrogens is 312 g/mol. The molecule has 0 aliphatic rings. The molecule has 0 radical (unpaired) electrons. The summed E-state index contributed by atoms with van der Waals surface area (Å²) in [6, 6.07) is 18.1. The minimum atomic E-state index is 0.455. The number of aromatic nitrogens is 3. The lowest BCUT2D eigenvalue weighted by atomic mass is 10.2. The number of anilines is 5. The molecule has 2 N–H and O–H groups in total. The summed E-state index contributed by atoms with van der Waals surface area (Å²) in [5.41, 5.74) is 3.08. The lowest BCUT2D eigenvalue weighted by Crippen LogP contribution is -2.21. The van der Waals surface area contributed by atoms with Crippen molar-refractivity contribution in [3.05, 3.63) is 60.8 Å². The maximum absolute atomic E-state index is 4.45. The smallest absolute Gasteiger partial charge is 0.249 e. The van der Waals surface area contributed by atoms with Gasteiger partial charge in [0.15, 0.2) is 5.82 Å². The van der Waals surface area contributed by atoms with Crippen LogP contribution in [0, 0.1) is 0 Å². The van der Waals surface area contributed by atoms with Gasteiger partial charge in [-0.1, -0.05) is 18.2 Å². The molecule has 25 heavy (non-hydrogen) atoms. The van der Waals surface area contributed by atoms with E-state index in [1.165, 1.54) is 5.69 Å². The van der Waals surface area contributed by atoms with E-state index < -0.39 is 0 Å². The molecule has 1 heterocycles. The molecule has 1 aromatic heterocycles. The van der Waals surface area contributed by atoms with Crippen LogP contribution in [0.5, 0.6) is 0 Å². The number of hydrogen-bond donors (Lipinski definition) is 2. The van der Waals surface area contributed by atoms with Crippen LogP contribution >= 0.6 is 0 Å².